The molecule has 1 aromatic rings. The number of ether oxygens (including phenoxy) is 1. The van der Waals surface area contributed by atoms with Crippen molar-refractivity contribution < 1.29 is 14.6 Å². The normalized spacial score (nSPS) is 19.8. The number of phenols is 1. The Kier molecular flexibility index (Phi) is 4.21. The zero-order valence-corrected chi connectivity index (χ0v) is 12.4. The molecule has 1 N–H and O–H groups in total. The molecular weight excluding hydrogens is 254 g/mol. The van der Waals surface area contributed by atoms with E-state index < -0.39 is 5.60 Å². The van der Waals surface area contributed by atoms with Crippen molar-refractivity contribution in [3.8, 4) is 5.75 Å². The van der Waals surface area contributed by atoms with Crippen molar-refractivity contribution in [2.75, 3.05) is 6.54 Å². The van der Waals surface area contributed by atoms with Crippen LogP contribution in [0.2, 0.25) is 0 Å². The summed E-state index contributed by atoms with van der Waals surface area (Å²) in [6.07, 6.45) is 2.79. The fraction of sp³-hybridized carbons (Fsp3) is 0.562. The number of piperidine rings is 1. The van der Waals surface area contributed by atoms with Crippen molar-refractivity contribution in [1.82, 2.24) is 4.90 Å². The van der Waals surface area contributed by atoms with Crippen LogP contribution in [0.15, 0.2) is 24.3 Å². The highest BCUT2D eigenvalue weighted by atomic mass is 16.6. The van der Waals surface area contributed by atoms with Crippen molar-refractivity contribution in [3.63, 3.8) is 0 Å². The van der Waals surface area contributed by atoms with Crippen LogP contribution in [0.5, 0.6) is 5.75 Å². The maximum absolute atomic E-state index is 12.3. The number of nitrogens with zero attached hydrogens (tertiary/aromatic N) is 1. The van der Waals surface area contributed by atoms with Crippen LogP contribution in [0.25, 0.3) is 0 Å². The zero-order valence-electron chi connectivity index (χ0n) is 12.4. The maximum atomic E-state index is 12.3. The molecule has 1 atom stereocenters. The summed E-state index contributed by atoms with van der Waals surface area (Å²) in [7, 11) is 0. The molecule has 0 aliphatic carbocycles. The summed E-state index contributed by atoms with van der Waals surface area (Å²) in [5.74, 6) is 0.244. The molecule has 1 aliphatic rings. The predicted molar refractivity (Wildman–Crippen MR) is 77.6 cm³/mol. The lowest BCUT2D eigenvalue weighted by molar-refractivity contribution is 0.00952. The van der Waals surface area contributed by atoms with Crippen molar-refractivity contribution in [3.05, 3.63) is 29.8 Å². The van der Waals surface area contributed by atoms with Crippen LogP contribution in [0.1, 0.15) is 51.6 Å². The number of amides is 1. The number of hydrogen-bond acceptors (Lipinski definition) is 3. The van der Waals surface area contributed by atoms with Gasteiger partial charge in [0.2, 0.25) is 0 Å². The number of aromatic hydroxyl groups is 1. The van der Waals surface area contributed by atoms with Crippen LogP contribution in [0.3, 0.4) is 0 Å². The molecule has 4 heteroatoms. The van der Waals surface area contributed by atoms with Crippen molar-refractivity contribution in [2.24, 2.45) is 0 Å². The Morgan fingerprint density at radius 3 is 2.50 bits per heavy atom. The topological polar surface area (TPSA) is 49.8 Å². The predicted octanol–water partition coefficient (Wildman–Crippen LogP) is 3.85. The lowest BCUT2D eigenvalue weighted by Gasteiger charge is -2.37. The highest BCUT2D eigenvalue weighted by molar-refractivity contribution is 5.69. The van der Waals surface area contributed by atoms with E-state index in [4.69, 9.17) is 4.74 Å². The molecule has 0 bridgehead atoms. The van der Waals surface area contributed by atoms with E-state index in [2.05, 4.69) is 0 Å². The lowest BCUT2D eigenvalue weighted by atomic mass is 9.95. The van der Waals surface area contributed by atoms with E-state index in [0.717, 1.165) is 31.4 Å². The minimum atomic E-state index is -0.478. The number of likely N-dealkylation sites (tertiary alicyclic amines) is 1. The van der Waals surface area contributed by atoms with Gasteiger partial charge in [0.15, 0.2) is 0 Å². The van der Waals surface area contributed by atoms with Crippen LogP contribution < -0.4 is 0 Å². The first-order valence-electron chi connectivity index (χ1n) is 7.15. The van der Waals surface area contributed by atoms with E-state index in [1.165, 1.54) is 0 Å². The number of phenolic OH excluding ortho intramolecular Hbond substituents is 1. The average molecular weight is 277 g/mol. The first-order chi connectivity index (χ1) is 9.37. The Labute approximate surface area is 120 Å². The Morgan fingerprint density at radius 1 is 1.25 bits per heavy atom. The van der Waals surface area contributed by atoms with Gasteiger partial charge in [-0.25, -0.2) is 4.79 Å². The Morgan fingerprint density at radius 2 is 1.90 bits per heavy atom. The van der Waals surface area contributed by atoms with Gasteiger partial charge in [-0.2, -0.15) is 0 Å². The number of carbonyl (C=O) groups is 1. The smallest absolute Gasteiger partial charge is 0.410 e. The molecule has 110 valence electrons. The van der Waals surface area contributed by atoms with Crippen LogP contribution in [-0.4, -0.2) is 28.2 Å². The second-order valence-electron chi connectivity index (χ2n) is 6.28. The summed E-state index contributed by atoms with van der Waals surface area (Å²) >= 11 is 0. The largest absolute Gasteiger partial charge is 0.508 e. The molecule has 0 radical (unpaired) electrons. The molecule has 0 spiro atoms. The molecule has 1 heterocycles. The van der Waals surface area contributed by atoms with Gasteiger partial charge in [0.25, 0.3) is 0 Å². The van der Waals surface area contributed by atoms with Gasteiger partial charge in [0.1, 0.15) is 11.4 Å². The number of hydrogen-bond donors (Lipinski definition) is 1. The SMILES string of the molecule is CC(C)(C)OC(=O)N1CCCCC1c1ccc(O)cc1. The molecule has 1 fully saturated rings. The van der Waals surface area contributed by atoms with E-state index in [9.17, 15) is 9.90 Å². The van der Waals surface area contributed by atoms with Crippen molar-refractivity contribution >= 4 is 6.09 Å². The van der Waals surface area contributed by atoms with Gasteiger partial charge in [-0.3, -0.25) is 0 Å². The summed E-state index contributed by atoms with van der Waals surface area (Å²) < 4.78 is 5.49. The van der Waals surface area contributed by atoms with E-state index in [-0.39, 0.29) is 17.9 Å². The van der Waals surface area contributed by atoms with E-state index >= 15 is 0 Å². The first-order valence-corrected chi connectivity index (χ1v) is 7.15. The molecule has 20 heavy (non-hydrogen) atoms. The van der Waals surface area contributed by atoms with E-state index in [1.807, 2.05) is 32.9 Å². The molecular formula is C16H23NO3. The van der Waals surface area contributed by atoms with Crippen molar-refractivity contribution in [1.29, 1.82) is 0 Å². The Bertz CT molecular complexity index is 462. The van der Waals surface area contributed by atoms with Gasteiger partial charge >= 0.3 is 6.09 Å². The van der Waals surface area contributed by atoms with Gasteiger partial charge in [-0.1, -0.05) is 12.1 Å². The highest BCUT2D eigenvalue weighted by Crippen LogP contribution is 2.32. The quantitative estimate of drug-likeness (QED) is 0.848. The maximum Gasteiger partial charge on any atom is 0.410 e. The van der Waals surface area contributed by atoms with E-state index in [1.54, 1.807) is 17.0 Å². The van der Waals surface area contributed by atoms with Crippen LogP contribution in [0.4, 0.5) is 4.79 Å². The molecule has 4 nitrogen and oxygen atoms in total. The van der Waals surface area contributed by atoms with Gasteiger partial charge in [-0.05, 0) is 57.7 Å². The van der Waals surface area contributed by atoms with E-state index in [0.29, 0.717) is 0 Å². The minimum Gasteiger partial charge on any atom is -0.508 e. The Balaban J connectivity index is 2.16. The molecule has 0 saturated carbocycles. The third kappa shape index (κ3) is 3.65. The molecule has 1 saturated heterocycles. The summed E-state index contributed by atoms with van der Waals surface area (Å²) in [5.41, 5.74) is 0.571. The van der Waals surface area contributed by atoms with Crippen LogP contribution in [-0.2, 0) is 4.74 Å². The summed E-state index contributed by atoms with van der Waals surface area (Å²) in [5, 5.41) is 9.38. The lowest BCUT2D eigenvalue weighted by Crippen LogP contribution is -2.41. The van der Waals surface area contributed by atoms with Gasteiger partial charge in [0.05, 0.1) is 6.04 Å². The number of rotatable bonds is 1. The summed E-state index contributed by atoms with van der Waals surface area (Å²) in [6, 6.07) is 7.12. The number of benzene rings is 1. The standard InChI is InChI=1S/C16H23NO3/c1-16(2,3)20-15(19)17-11-5-4-6-14(17)12-7-9-13(18)10-8-12/h7-10,14,18H,4-6,11H2,1-3H3. The van der Waals surface area contributed by atoms with Crippen LogP contribution in [0, 0.1) is 0 Å². The van der Waals surface area contributed by atoms with Gasteiger partial charge in [0, 0.05) is 6.54 Å². The monoisotopic (exact) mass is 277 g/mol. The average Bonchev–Trinajstić information content (AvgIpc) is 2.38. The second-order valence-corrected chi connectivity index (χ2v) is 6.28. The molecule has 1 aromatic carbocycles. The first kappa shape index (κ1) is 14.7. The Hall–Kier alpha value is -1.71. The van der Waals surface area contributed by atoms with Crippen molar-refractivity contribution in [2.45, 2.75) is 51.7 Å². The zero-order chi connectivity index (χ0) is 14.8. The molecule has 1 amide bonds. The van der Waals surface area contributed by atoms with Crippen LogP contribution >= 0.6 is 0 Å². The number of carbonyl (C=O) groups excluding carboxylic acids is 1. The minimum absolute atomic E-state index is 0.0409. The molecule has 1 unspecified atom stereocenters. The molecule has 0 aromatic heterocycles. The highest BCUT2D eigenvalue weighted by Gasteiger charge is 2.31. The second kappa shape index (κ2) is 5.73. The molecule has 2 rings (SSSR count). The summed E-state index contributed by atoms with van der Waals surface area (Å²) in [4.78, 5) is 14.1. The third-order valence-electron chi connectivity index (χ3n) is 3.41. The third-order valence-corrected chi connectivity index (χ3v) is 3.41. The molecule has 1 aliphatic heterocycles. The fourth-order valence-corrected chi connectivity index (χ4v) is 2.51. The van der Waals surface area contributed by atoms with Gasteiger partial charge in [-0.15, -0.1) is 0 Å². The summed E-state index contributed by atoms with van der Waals surface area (Å²) in [6.45, 7) is 6.36. The fourth-order valence-electron chi connectivity index (χ4n) is 2.51. The van der Waals surface area contributed by atoms with Gasteiger partial charge < -0.3 is 14.7 Å².